The summed E-state index contributed by atoms with van der Waals surface area (Å²) in [6.07, 6.45) is 0.350. The molecule has 11 heteroatoms. The number of carboxylic acid groups (broad SMARTS) is 1. The van der Waals surface area contributed by atoms with Crippen LogP contribution < -0.4 is 10.1 Å². The number of carbonyl (C=O) groups is 2. The number of rotatable bonds is 5. The number of nitrogens with zero attached hydrogens (tertiary/aromatic N) is 3. The molecule has 0 aromatic carbocycles. The highest BCUT2D eigenvalue weighted by atomic mass is 16.6. The van der Waals surface area contributed by atoms with Crippen LogP contribution in [0.25, 0.3) is 0 Å². The lowest BCUT2D eigenvalue weighted by Gasteiger charge is -2.28. The fourth-order valence-corrected chi connectivity index (χ4v) is 2.38. The van der Waals surface area contributed by atoms with E-state index < -0.39 is 34.0 Å². The highest BCUT2D eigenvalue weighted by molar-refractivity contribution is 5.80. The number of carboxylic acids is 1. The van der Waals surface area contributed by atoms with Crippen LogP contribution in [0.3, 0.4) is 0 Å². The maximum absolute atomic E-state index is 11.9. The van der Waals surface area contributed by atoms with Crippen LogP contribution in [-0.4, -0.2) is 49.9 Å². The monoisotopic (exact) mass is 356 g/mol. The third kappa shape index (κ3) is 4.17. The second-order valence-electron chi connectivity index (χ2n) is 7.18. The maximum Gasteiger partial charge on any atom is 0.415 e. The van der Waals surface area contributed by atoms with Gasteiger partial charge < -0.3 is 30.0 Å². The number of hydrogen-bond acceptors (Lipinski definition) is 7. The molecule has 0 bridgehead atoms. The van der Waals surface area contributed by atoms with Crippen molar-refractivity contribution in [1.29, 1.82) is 0 Å². The number of aliphatic carboxylic acids is 1. The summed E-state index contributed by atoms with van der Waals surface area (Å²) >= 11 is 0. The van der Waals surface area contributed by atoms with Gasteiger partial charge in [0.15, 0.2) is 5.60 Å². The zero-order chi connectivity index (χ0) is 19.0. The van der Waals surface area contributed by atoms with Crippen molar-refractivity contribution < 1.29 is 29.1 Å². The topological polar surface area (TPSA) is 146 Å². The summed E-state index contributed by atoms with van der Waals surface area (Å²) in [7, 11) is 0. The van der Waals surface area contributed by atoms with Gasteiger partial charge in [-0.1, -0.05) is 20.8 Å². The smallest absolute Gasteiger partial charge is 0.415 e. The molecule has 2 N–H and O–H groups in total. The van der Waals surface area contributed by atoms with Gasteiger partial charge in [-0.2, -0.15) is 0 Å². The lowest BCUT2D eigenvalue weighted by atomic mass is 9.87. The van der Waals surface area contributed by atoms with Crippen LogP contribution in [0.5, 0.6) is 6.01 Å². The molecule has 0 saturated heterocycles. The van der Waals surface area contributed by atoms with E-state index in [-0.39, 0.29) is 25.0 Å². The molecule has 0 fully saturated rings. The summed E-state index contributed by atoms with van der Waals surface area (Å²) in [4.78, 5) is 36.9. The average Bonchev–Trinajstić information content (AvgIpc) is 2.96. The number of ether oxygens (including phenoxy) is 2. The molecule has 2 rings (SSSR count). The van der Waals surface area contributed by atoms with Crippen molar-refractivity contribution in [1.82, 2.24) is 14.9 Å². The number of carbonyl (C=O) groups excluding carboxylic acids is 1. The molecule has 1 amide bonds. The van der Waals surface area contributed by atoms with Gasteiger partial charge in [0.1, 0.15) is 18.8 Å². The van der Waals surface area contributed by atoms with Crippen molar-refractivity contribution in [2.45, 2.75) is 45.9 Å². The molecule has 2 unspecified atom stereocenters. The van der Waals surface area contributed by atoms with Crippen molar-refractivity contribution in [3.63, 3.8) is 0 Å². The first-order chi connectivity index (χ1) is 11.4. The SMILES string of the molecule is CC1(COC(=O)NC(C(=O)O)C(C)(C)C)Cn2cc([N+](=O)[O-])nc2O1. The van der Waals surface area contributed by atoms with Gasteiger partial charge in [-0.05, 0) is 17.3 Å². The lowest BCUT2D eigenvalue weighted by molar-refractivity contribution is -0.389. The molecule has 1 aliphatic rings. The van der Waals surface area contributed by atoms with Crippen molar-refractivity contribution in [3.05, 3.63) is 16.3 Å². The van der Waals surface area contributed by atoms with E-state index in [1.165, 1.54) is 10.8 Å². The van der Waals surface area contributed by atoms with E-state index in [1.54, 1.807) is 27.7 Å². The van der Waals surface area contributed by atoms with Crippen molar-refractivity contribution in [3.8, 4) is 6.01 Å². The van der Waals surface area contributed by atoms with Crippen LogP contribution in [0.4, 0.5) is 10.6 Å². The van der Waals surface area contributed by atoms with Gasteiger partial charge in [-0.25, -0.2) is 9.59 Å². The lowest BCUT2D eigenvalue weighted by Crippen LogP contribution is -2.50. The molecule has 11 nitrogen and oxygen atoms in total. The number of amides is 1. The third-order valence-electron chi connectivity index (χ3n) is 3.64. The predicted molar refractivity (Wildman–Crippen MR) is 83.3 cm³/mol. The molecule has 0 radical (unpaired) electrons. The summed E-state index contributed by atoms with van der Waals surface area (Å²) in [6, 6.07) is -1.05. The van der Waals surface area contributed by atoms with Crippen molar-refractivity contribution >= 4 is 17.9 Å². The van der Waals surface area contributed by atoms with E-state index in [0.29, 0.717) is 0 Å². The molecule has 0 aliphatic carbocycles. The Morgan fingerprint density at radius 1 is 1.60 bits per heavy atom. The van der Waals surface area contributed by atoms with Gasteiger partial charge in [0.25, 0.3) is 0 Å². The summed E-state index contributed by atoms with van der Waals surface area (Å²) < 4.78 is 12.0. The summed E-state index contributed by atoms with van der Waals surface area (Å²) in [5.41, 5.74) is -1.64. The van der Waals surface area contributed by atoms with Gasteiger partial charge in [-0.15, -0.1) is 0 Å². The van der Waals surface area contributed by atoms with E-state index >= 15 is 0 Å². The van der Waals surface area contributed by atoms with E-state index in [4.69, 9.17) is 9.47 Å². The van der Waals surface area contributed by atoms with Gasteiger partial charge in [-0.3, -0.25) is 4.57 Å². The number of alkyl carbamates (subject to hydrolysis) is 1. The second-order valence-corrected chi connectivity index (χ2v) is 7.18. The van der Waals surface area contributed by atoms with Crippen LogP contribution in [0, 0.1) is 15.5 Å². The van der Waals surface area contributed by atoms with Gasteiger partial charge >= 0.3 is 23.9 Å². The van der Waals surface area contributed by atoms with Crippen LogP contribution in [0.2, 0.25) is 0 Å². The Morgan fingerprint density at radius 3 is 2.72 bits per heavy atom. The van der Waals surface area contributed by atoms with Crippen molar-refractivity contribution in [2.75, 3.05) is 6.61 Å². The Hall–Kier alpha value is -2.85. The first-order valence-corrected chi connectivity index (χ1v) is 7.48. The minimum Gasteiger partial charge on any atom is -0.480 e. The summed E-state index contributed by atoms with van der Waals surface area (Å²) in [5, 5.41) is 22.2. The van der Waals surface area contributed by atoms with E-state index in [1.807, 2.05) is 0 Å². The van der Waals surface area contributed by atoms with E-state index in [9.17, 15) is 24.8 Å². The number of aromatic nitrogens is 2. The van der Waals surface area contributed by atoms with Crippen LogP contribution in [-0.2, 0) is 16.1 Å². The highest BCUT2D eigenvalue weighted by Crippen LogP contribution is 2.31. The Balaban J connectivity index is 1.93. The third-order valence-corrected chi connectivity index (χ3v) is 3.64. The summed E-state index contributed by atoms with van der Waals surface area (Å²) in [6.45, 7) is 6.72. The Bertz CT molecular complexity index is 683. The molecule has 0 spiro atoms. The molecule has 0 saturated carbocycles. The number of imidazole rings is 1. The van der Waals surface area contributed by atoms with Gasteiger partial charge in [0.05, 0.1) is 6.54 Å². The molecule has 1 aromatic rings. The molecule has 1 aliphatic heterocycles. The number of hydrogen-bond donors (Lipinski definition) is 2. The minimum atomic E-state index is -1.17. The molecular weight excluding hydrogens is 336 g/mol. The fourth-order valence-electron chi connectivity index (χ4n) is 2.38. The van der Waals surface area contributed by atoms with Crippen LogP contribution in [0.15, 0.2) is 6.20 Å². The normalized spacial score (nSPS) is 20.3. The molecule has 25 heavy (non-hydrogen) atoms. The molecule has 138 valence electrons. The van der Waals surface area contributed by atoms with E-state index in [0.717, 1.165) is 0 Å². The Kier molecular flexibility index (Phi) is 4.60. The quantitative estimate of drug-likeness (QED) is 0.590. The van der Waals surface area contributed by atoms with Crippen LogP contribution >= 0.6 is 0 Å². The number of nitro groups is 1. The zero-order valence-corrected chi connectivity index (χ0v) is 14.3. The van der Waals surface area contributed by atoms with Crippen LogP contribution in [0.1, 0.15) is 27.7 Å². The zero-order valence-electron chi connectivity index (χ0n) is 14.3. The average molecular weight is 356 g/mol. The predicted octanol–water partition coefficient (Wildman–Crippen LogP) is 1.17. The fraction of sp³-hybridized carbons (Fsp3) is 0.643. The first-order valence-electron chi connectivity index (χ1n) is 7.48. The first kappa shape index (κ1) is 18.5. The number of fused-ring (bicyclic) bond motifs is 1. The molecular formula is C14H20N4O7. The molecule has 1 aromatic heterocycles. The van der Waals surface area contributed by atoms with Crippen molar-refractivity contribution in [2.24, 2.45) is 5.41 Å². The Labute approximate surface area is 143 Å². The van der Waals surface area contributed by atoms with E-state index in [2.05, 4.69) is 10.3 Å². The van der Waals surface area contributed by atoms with Gasteiger partial charge in [0, 0.05) is 4.98 Å². The highest BCUT2D eigenvalue weighted by Gasteiger charge is 2.42. The molecule has 2 atom stereocenters. The largest absolute Gasteiger partial charge is 0.480 e. The van der Waals surface area contributed by atoms with Gasteiger partial charge in [0.2, 0.25) is 0 Å². The minimum absolute atomic E-state index is 0.0660. The molecule has 2 heterocycles. The number of nitrogens with one attached hydrogen (secondary N) is 1. The standard InChI is InChI=1S/C14H20N4O7/c1-13(2,3)9(10(19)20)16-12(21)24-7-14(4)6-17-5-8(18(22)23)15-11(17)25-14/h5,9H,6-7H2,1-4H3,(H,16,21)(H,19,20). The Morgan fingerprint density at radius 2 is 2.24 bits per heavy atom. The second kappa shape index (κ2) is 6.22. The maximum atomic E-state index is 11.9. The summed E-state index contributed by atoms with van der Waals surface area (Å²) in [5.74, 6) is -1.49.